The number of aromatic nitrogens is 2. The predicted molar refractivity (Wildman–Crippen MR) is 126 cm³/mol. The molecule has 4 N–H and O–H groups in total. The summed E-state index contributed by atoms with van der Waals surface area (Å²) < 4.78 is 43.5. The van der Waals surface area contributed by atoms with Gasteiger partial charge in [0, 0.05) is 3.57 Å². The maximum Gasteiger partial charge on any atom is 0.257 e. The molecule has 1 aliphatic heterocycles. The van der Waals surface area contributed by atoms with Crippen molar-refractivity contribution in [1.29, 1.82) is 0 Å². The van der Waals surface area contributed by atoms with Gasteiger partial charge >= 0.3 is 0 Å². The molecular formula is C23H17F3IN4O2+. The molecule has 168 valence electrons. The van der Waals surface area contributed by atoms with Gasteiger partial charge in [-0.05, 0) is 65.1 Å². The third kappa shape index (κ3) is 3.82. The average molecular weight is 565 g/mol. The number of carbonyl (C=O) groups excluding carboxylic acids is 1. The number of para-hydroxylation sites is 2. The monoisotopic (exact) mass is 565 g/mol. The third-order valence-corrected chi connectivity index (χ3v) is 6.24. The lowest BCUT2D eigenvalue weighted by Gasteiger charge is -2.41. The van der Waals surface area contributed by atoms with Crippen molar-refractivity contribution in [3.05, 3.63) is 87.0 Å². The molecular weight excluding hydrogens is 548 g/mol. The van der Waals surface area contributed by atoms with E-state index in [-0.39, 0.29) is 24.3 Å². The second kappa shape index (κ2) is 8.03. The van der Waals surface area contributed by atoms with Crippen LogP contribution in [0.5, 0.6) is 0 Å². The number of anilines is 2. The van der Waals surface area contributed by atoms with Crippen molar-refractivity contribution in [2.24, 2.45) is 0 Å². The first-order valence-corrected chi connectivity index (χ1v) is 11.0. The van der Waals surface area contributed by atoms with E-state index < -0.39 is 34.6 Å². The standard InChI is InChI=1S/C23H16F3IN4O2/c24-14-7-6-13(20(19(14)26)28-16-8-5-12(27)9-15(16)25)21(32)31-10-23(33,11-31)22-29-17-3-1-2-4-18(17)30-22/h1-9,28,33H,10-11H2,(H,29,30)/p+1. The lowest BCUT2D eigenvalue weighted by molar-refractivity contribution is -0.0915. The minimum Gasteiger partial charge on any atom is -0.433 e. The third-order valence-electron chi connectivity index (χ3n) is 5.57. The number of likely N-dealkylation sites (tertiary alicyclic amines) is 1. The van der Waals surface area contributed by atoms with Crippen LogP contribution in [0.2, 0.25) is 0 Å². The molecule has 4 aromatic rings. The van der Waals surface area contributed by atoms with Gasteiger partial charge in [-0.3, -0.25) is 4.79 Å². The van der Waals surface area contributed by atoms with Crippen LogP contribution in [0.4, 0.5) is 24.5 Å². The number of rotatable bonds is 4. The topological polar surface area (TPSA) is 83.9 Å². The van der Waals surface area contributed by atoms with E-state index in [9.17, 15) is 18.0 Å². The van der Waals surface area contributed by atoms with Gasteiger partial charge in [0.2, 0.25) is 0 Å². The zero-order valence-electron chi connectivity index (χ0n) is 16.9. The van der Waals surface area contributed by atoms with E-state index in [0.29, 0.717) is 9.39 Å². The molecule has 1 aromatic heterocycles. The van der Waals surface area contributed by atoms with Crippen LogP contribution < -0.4 is 5.32 Å². The van der Waals surface area contributed by atoms with Crippen LogP contribution in [0.1, 0.15) is 16.2 Å². The fourth-order valence-corrected chi connectivity index (χ4v) is 4.28. The van der Waals surface area contributed by atoms with Gasteiger partial charge in [-0.2, -0.15) is 0 Å². The van der Waals surface area contributed by atoms with Crippen molar-refractivity contribution >= 4 is 50.9 Å². The molecule has 1 amide bonds. The first-order valence-electron chi connectivity index (χ1n) is 9.95. The van der Waals surface area contributed by atoms with Gasteiger partial charge in [0.15, 0.2) is 17.5 Å². The van der Waals surface area contributed by atoms with Gasteiger partial charge in [-0.25, -0.2) is 18.2 Å². The van der Waals surface area contributed by atoms with Gasteiger partial charge in [-0.15, -0.1) is 0 Å². The van der Waals surface area contributed by atoms with E-state index in [1.807, 2.05) is 46.9 Å². The van der Waals surface area contributed by atoms with E-state index in [1.54, 1.807) is 6.07 Å². The molecule has 1 saturated heterocycles. The summed E-state index contributed by atoms with van der Waals surface area (Å²) in [5.74, 6) is -3.28. The number of hydrogen-bond acceptors (Lipinski definition) is 3. The molecule has 5 rings (SSSR count). The van der Waals surface area contributed by atoms with Crippen molar-refractivity contribution in [3.8, 4) is 0 Å². The zero-order valence-corrected chi connectivity index (χ0v) is 19.1. The summed E-state index contributed by atoms with van der Waals surface area (Å²) in [5.41, 5.74) is -0.339. The number of carbonyl (C=O) groups is 1. The van der Waals surface area contributed by atoms with E-state index in [0.717, 1.165) is 23.2 Å². The Morgan fingerprint density at radius 2 is 1.85 bits per heavy atom. The zero-order chi connectivity index (χ0) is 23.3. The quantitative estimate of drug-likeness (QED) is 0.284. The Kier molecular flexibility index (Phi) is 5.28. The highest BCUT2D eigenvalue weighted by Gasteiger charge is 2.52. The number of benzene rings is 3. The first kappa shape index (κ1) is 21.7. The Balaban J connectivity index is 1.41. The molecule has 1 aliphatic rings. The summed E-state index contributed by atoms with van der Waals surface area (Å²) >= 11 is 1.93. The molecule has 0 aliphatic carbocycles. The molecule has 0 radical (unpaired) electrons. The predicted octanol–water partition coefficient (Wildman–Crippen LogP) is 4.40. The molecule has 33 heavy (non-hydrogen) atoms. The lowest BCUT2D eigenvalue weighted by Crippen LogP contribution is -2.61. The number of nitrogens with zero attached hydrogens (tertiary/aromatic N) is 2. The number of halogens is 4. The van der Waals surface area contributed by atoms with Gasteiger partial charge in [-0.1, -0.05) is 12.1 Å². The van der Waals surface area contributed by atoms with Gasteiger partial charge < -0.3 is 20.3 Å². The Bertz CT molecular complexity index is 1370. The summed E-state index contributed by atoms with van der Waals surface area (Å²) in [6.07, 6.45) is 0. The smallest absolute Gasteiger partial charge is 0.257 e. The Morgan fingerprint density at radius 1 is 1.09 bits per heavy atom. The number of fused-ring (bicyclic) bond motifs is 1. The molecule has 6 nitrogen and oxygen atoms in total. The molecule has 10 heteroatoms. The number of amides is 1. The molecule has 0 atom stereocenters. The maximum absolute atomic E-state index is 14.7. The van der Waals surface area contributed by atoms with Crippen LogP contribution in [0.3, 0.4) is 0 Å². The number of imidazole rings is 1. The maximum atomic E-state index is 14.7. The van der Waals surface area contributed by atoms with E-state index in [4.69, 9.17) is 5.11 Å². The fraction of sp³-hybridized carbons (Fsp3) is 0.130. The highest BCUT2D eigenvalue weighted by atomic mass is 127. The summed E-state index contributed by atoms with van der Waals surface area (Å²) in [6, 6.07) is 13.6. The highest BCUT2D eigenvalue weighted by Crippen LogP contribution is 2.35. The minimum absolute atomic E-state index is 0.0159. The van der Waals surface area contributed by atoms with E-state index >= 15 is 0 Å². The number of nitrogens with one attached hydrogen (secondary N) is 2. The van der Waals surface area contributed by atoms with Crippen LogP contribution in [-0.4, -0.2) is 39.0 Å². The Labute approximate surface area is 199 Å². The van der Waals surface area contributed by atoms with Crippen LogP contribution in [0.25, 0.3) is 11.0 Å². The van der Waals surface area contributed by atoms with Crippen LogP contribution >= 0.6 is 22.6 Å². The SMILES string of the molecule is O=C(c1ccc(F)c(F)c1Nc1ccc(I)cc1F)N1CC([OH2+])(c2nc3ccccc3[nH]2)C1. The summed E-state index contributed by atoms with van der Waals surface area (Å²) in [4.78, 5) is 22.0. The number of hydrogen-bond donors (Lipinski definition) is 2. The average Bonchev–Trinajstić information content (AvgIpc) is 3.21. The van der Waals surface area contributed by atoms with Crippen LogP contribution in [0, 0.1) is 21.0 Å². The number of aromatic amines is 1. The second-order valence-corrected chi connectivity index (χ2v) is 9.12. The summed E-state index contributed by atoms with van der Waals surface area (Å²) in [5, 5.41) is 11.2. The highest BCUT2D eigenvalue weighted by molar-refractivity contribution is 14.1. The molecule has 1 fully saturated rings. The summed E-state index contributed by atoms with van der Waals surface area (Å²) in [7, 11) is 0. The van der Waals surface area contributed by atoms with Crippen LogP contribution in [0.15, 0.2) is 54.6 Å². The normalized spacial score (nSPS) is 14.9. The molecule has 0 spiro atoms. The fourth-order valence-electron chi connectivity index (χ4n) is 3.83. The molecule has 0 bridgehead atoms. The molecule has 0 saturated carbocycles. The minimum atomic E-state index is -1.28. The van der Waals surface area contributed by atoms with Crippen molar-refractivity contribution in [2.75, 3.05) is 18.4 Å². The first-order chi connectivity index (χ1) is 15.7. The van der Waals surface area contributed by atoms with Gasteiger partial charge in [0.25, 0.3) is 11.5 Å². The van der Waals surface area contributed by atoms with Crippen LogP contribution in [-0.2, 0) is 5.60 Å². The Morgan fingerprint density at radius 3 is 2.58 bits per heavy atom. The largest absolute Gasteiger partial charge is 0.433 e. The molecule has 0 unspecified atom stereocenters. The Hall–Kier alpha value is -3.12. The van der Waals surface area contributed by atoms with Gasteiger partial charge in [0.05, 0.1) is 28.0 Å². The van der Waals surface area contributed by atoms with Crippen molar-refractivity contribution < 1.29 is 23.1 Å². The summed E-state index contributed by atoms with van der Waals surface area (Å²) in [6.45, 7) is 0.0317. The molecule has 3 aromatic carbocycles. The van der Waals surface area contributed by atoms with Crippen molar-refractivity contribution in [1.82, 2.24) is 14.9 Å². The lowest BCUT2D eigenvalue weighted by atomic mass is 9.92. The second-order valence-electron chi connectivity index (χ2n) is 7.88. The number of H-pyrrole nitrogens is 1. The van der Waals surface area contributed by atoms with E-state index in [2.05, 4.69) is 15.3 Å². The van der Waals surface area contributed by atoms with Crippen molar-refractivity contribution in [3.63, 3.8) is 0 Å². The van der Waals surface area contributed by atoms with E-state index in [1.165, 1.54) is 17.0 Å². The molecule has 2 heterocycles. The van der Waals surface area contributed by atoms with Crippen molar-refractivity contribution in [2.45, 2.75) is 5.60 Å². The van der Waals surface area contributed by atoms with Gasteiger partial charge in [0.1, 0.15) is 18.9 Å².